The van der Waals surface area contributed by atoms with E-state index >= 15 is 0 Å². The lowest BCUT2D eigenvalue weighted by Crippen LogP contribution is -2.65. The molecule has 4 fully saturated rings. The van der Waals surface area contributed by atoms with Crippen LogP contribution in [-0.2, 0) is 5.41 Å². The van der Waals surface area contributed by atoms with Crippen LogP contribution in [0.3, 0.4) is 0 Å². The Morgan fingerprint density at radius 1 is 1.12 bits per heavy atom. The van der Waals surface area contributed by atoms with E-state index in [1.54, 1.807) is 12.1 Å². The Labute approximate surface area is 187 Å². The first-order valence-corrected chi connectivity index (χ1v) is 11.3. The fourth-order valence-electron chi connectivity index (χ4n) is 6.81. The van der Waals surface area contributed by atoms with Crippen molar-refractivity contribution in [2.24, 2.45) is 16.9 Å². The first-order chi connectivity index (χ1) is 15.3. The molecule has 166 valence electrons. The van der Waals surface area contributed by atoms with E-state index in [4.69, 9.17) is 0 Å². The van der Waals surface area contributed by atoms with E-state index in [2.05, 4.69) is 47.0 Å². The van der Waals surface area contributed by atoms with E-state index in [0.29, 0.717) is 17.4 Å². The maximum atomic E-state index is 12.7. The molecule has 0 unspecified atom stereocenters. The molecule has 0 spiro atoms. The van der Waals surface area contributed by atoms with Crippen LogP contribution in [0.5, 0.6) is 0 Å². The van der Waals surface area contributed by atoms with Gasteiger partial charge in [0.25, 0.3) is 5.69 Å². The highest BCUT2D eigenvalue weighted by Crippen LogP contribution is 2.62. The largest absolute Gasteiger partial charge is 0.335 e. The number of non-ortho nitro benzene ring substituents is 1. The molecule has 0 saturated heterocycles. The fourth-order valence-corrected chi connectivity index (χ4v) is 6.81. The average Bonchev–Trinajstić information content (AvgIpc) is 2.73. The number of aryl methyl sites for hydroxylation is 1. The molecular formula is C25H28N4O3. The smallest absolute Gasteiger partial charge is 0.331 e. The molecule has 7 heteroatoms. The van der Waals surface area contributed by atoms with Gasteiger partial charge in [0.2, 0.25) is 0 Å². The van der Waals surface area contributed by atoms with Gasteiger partial charge >= 0.3 is 6.03 Å². The number of nitrogens with zero attached hydrogens (tertiary/aromatic N) is 2. The summed E-state index contributed by atoms with van der Waals surface area (Å²) >= 11 is 0. The summed E-state index contributed by atoms with van der Waals surface area (Å²) in [6, 6.07) is 14.8. The highest BCUT2D eigenvalue weighted by Gasteiger charge is 2.58. The number of nitro benzene ring substituents is 1. The zero-order valence-corrected chi connectivity index (χ0v) is 18.2. The Bertz CT molecular complexity index is 1060. The van der Waals surface area contributed by atoms with Gasteiger partial charge in [-0.1, -0.05) is 42.0 Å². The van der Waals surface area contributed by atoms with Crippen LogP contribution in [0.2, 0.25) is 0 Å². The monoisotopic (exact) mass is 432 g/mol. The van der Waals surface area contributed by atoms with Crippen molar-refractivity contribution in [2.75, 3.05) is 0 Å². The lowest BCUT2D eigenvalue weighted by atomic mass is 9.45. The molecule has 4 aliphatic rings. The number of hydrogen-bond donors (Lipinski definition) is 2. The molecule has 2 aromatic carbocycles. The topological polar surface area (TPSA) is 96.6 Å². The van der Waals surface area contributed by atoms with Gasteiger partial charge in [0.05, 0.1) is 11.1 Å². The van der Waals surface area contributed by atoms with Crippen molar-refractivity contribution in [2.45, 2.75) is 56.4 Å². The van der Waals surface area contributed by atoms with Crippen molar-refractivity contribution >= 4 is 17.9 Å². The molecule has 2 amide bonds. The van der Waals surface area contributed by atoms with Crippen LogP contribution >= 0.6 is 0 Å². The van der Waals surface area contributed by atoms with E-state index in [1.165, 1.54) is 48.7 Å². The standard InChI is InChI=1S/C25H28N4O3/c1-17-5-7-21(8-6-17)24-11-19-9-20(12-24)14-25(13-19,16-24)27-23(30)28-26-15-18-3-2-4-22(10-18)29(31)32/h2-8,10,15,19-20H,9,11-14,16H2,1H3,(H2,27,28,30)/b26-15-/t19-,20-,24?,25?/m1/s1. The van der Waals surface area contributed by atoms with Gasteiger partial charge in [-0.05, 0) is 68.3 Å². The summed E-state index contributed by atoms with van der Waals surface area (Å²) in [6.45, 7) is 2.12. The van der Waals surface area contributed by atoms with Crippen molar-refractivity contribution in [1.29, 1.82) is 0 Å². The van der Waals surface area contributed by atoms with E-state index < -0.39 is 4.92 Å². The van der Waals surface area contributed by atoms with Gasteiger partial charge in [0.1, 0.15) is 0 Å². The predicted octanol–water partition coefficient (Wildman–Crippen LogP) is 4.83. The number of rotatable bonds is 5. The number of nitrogens with one attached hydrogen (secondary N) is 2. The summed E-state index contributed by atoms with van der Waals surface area (Å²) in [5, 5.41) is 18.2. The Balaban J connectivity index is 1.29. The van der Waals surface area contributed by atoms with E-state index in [-0.39, 0.29) is 22.7 Å². The van der Waals surface area contributed by atoms with Crippen LogP contribution in [0.15, 0.2) is 53.6 Å². The zero-order valence-electron chi connectivity index (χ0n) is 18.2. The molecule has 4 bridgehead atoms. The number of amides is 2. The van der Waals surface area contributed by atoms with Crippen molar-refractivity contribution in [3.8, 4) is 0 Å². The van der Waals surface area contributed by atoms with Gasteiger partial charge in [0.15, 0.2) is 0 Å². The Morgan fingerprint density at radius 3 is 2.53 bits per heavy atom. The summed E-state index contributed by atoms with van der Waals surface area (Å²) in [4.78, 5) is 23.2. The van der Waals surface area contributed by atoms with E-state index in [1.807, 2.05) is 0 Å². The zero-order chi connectivity index (χ0) is 22.3. The minimum Gasteiger partial charge on any atom is -0.331 e. The molecular weight excluding hydrogens is 404 g/mol. The number of carbonyl (C=O) groups excluding carboxylic acids is 1. The van der Waals surface area contributed by atoms with E-state index in [0.717, 1.165) is 19.3 Å². The molecule has 0 radical (unpaired) electrons. The summed E-state index contributed by atoms with van der Waals surface area (Å²) in [7, 11) is 0. The number of hydrazone groups is 1. The SMILES string of the molecule is Cc1ccc(C23C[C@H]4C[C@@H](CC(NC(=O)N/N=C\c5cccc([N+](=O)[O-])c5)(C4)C2)C3)cc1. The number of carbonyl (C=O) groups is 1. The molecule has 7 nitrogen and oxygen atoms in total. The predicted molar refractivity (Wildman–Crippen MR) is 123 cm³/mol. The molecule has 4 saturated carbocycles. The van der Waals surface area contributed by atoms with Crippen LogP contribution in [0.25, 0.3) is 0 Å². The minimum atomic E-state index is -0.450. The molecule has 32 heavy (non-hydrogen) atoms. The first kappa shape index (κ1) is 20.7. The quantitative estimate of drug-likeness (QED) is 0.402. The van der Waals surface area contributed by atoms with Crippen molar-refractivity contribution in [3.63, 3.8) is 0 Å². The Kier molecular flexibility index (Phi) is 4.99. The van der Waals surface area contributed by atoms with Gasteiger partial charge < -0.3 is 5.32 Å². The third-order valence-electron chi connectivity index (χ3n) is 7.56. The summed E-state index contributed by atoms with van der Waals surface area (Å²) in [6.07, 6.45) is 8.14. The minimum absolute atomic E-state index is 0.00614. The van der Waals surface area contributed by atoms with Crippen molar-refractivity contribution < 1.29 is 9.72 Å². The molecule has 6 rings (SSSR count). The fraction of sp³-hybridized carbons (Fsp3) is 0.440. The first-order valence-electron chi connectivity index (χ1n) is 11.3. The molecule has 0 heterocycles. The van der Waals surface area contributed by atoms with Crippen molar-refractivity contribution in [1.82, 2.24) is 10.7 Å². The van der Waals surface area contributed by atoms with Crippen molar-refractivity contribution in [3.05, 3.63) is 75.3 Å². The average molecular weight is 433 g/mol. The highest BCUT2D eigenvalue weighted by atomic mass is 16.6. The third-order valence-corrected chi connectivity index (χ3v) is 7.56. The van der Waals surface area contributed by atoms with Gasteiger partial charge in [-0.25, -0.2) is 10.2 Å². The Morgan fingerprint density at radius 2 is 1.84 bits per heavy atom. The van der Waals surface area contributed by atoms with Gasteiger partial charge in [-0.15, -0.1) is 0 Å². The van der Waals surface area contributed by atoms with Crippen LogP contribution in [0.4, 0.5) is 10.5 Å². The van der Waals surface area contributed by atoms with Crippen LogP contribution in [0, 0.1) is 28.9 Å². The summed E-state index contributed by atoms with van der Waals surface area (Å²) in [5.74, 6) is 1.29. The second-order valence-corrected chi connectivity index (χ2v) is 10.1. The van der Waals surface area contributed by atoms with E-state index in [9.17, 15) is 14.9 Å². The summed E-state index contributed by atoms with van der Waals surface area (Å²) < 4.78 is 0. The molecule has 0 aromatic heterocycles. The van der Waals surface area contributed by atoms with Gasteiger partial charge in [-0.2, -0.15) is 5.10 Å². The van der Waals surface area contributed by atoms with Gasteiger partial charge in [-0.3, -0.25) is 10.1 Å². The number of urea groups is 1. The maximum Gasteiger partial charge on any atom is 0.335 e. The lowest BCUT2D eigenvalue weighted by molar-refractivity contribution is -0.384. The van der Waals surface area contributed by atoms with Crippen LogP contribution in [-0.4, -0.2) is 22.7 Å². The number of nitro groups is 1. The molecule has 4 aliphatic carbocycles. The second kappa shape index (κ2) is 7.73. The second-order valence-electron chi connectivity index (χ2n) is 10.1. The van der Waals surface area contributed by atoms with Crippen LogP contribution in [0.1, 0.15) is 55.2 Å². The normalized spacial score (nSPS) is 30.4. The Hall–Kier alpha value is -3.22. The number of hydrogen-bond acceptors (Lipinski definition) is 4. The molecule has 2 atom stereocenters. The maximum absolute atomic E-state index is 12.7. The molecule has 2 N–H and O–H groups in total. The lowest BCUT2D eigenvalue weighted by Gasteiger charge is -2.62. The molecule has 0 aliphatic heterocycles. The van der Waals surface area contributed by atoms with Gasteiger partial charge in [0, 0.05) is 23.2 Å². The van der Waals surface area contributed by atoms with Crippen LogP contribution < -0.4 is 10.7 Å². The third kappa shape index (κ3) is 3.87. The number of benzene rings is 2. The highest BCUT2D eigenvalue weighted by molar-refractivity contribution is 5.82. The molecule has 2 aromatic rings. The summed E-state index contributed by atoms with van der Waals surface area (Å²) in [5.41, 5.74) is 5.76.